The van der Waals surface area contributed by atoms with Crippen molar-refractivity contribution in [2.24, 2.45) is 5.73 Å². The maximum atomic E-state index is 13.1. The molecular formula is C21H26N4O2. The van der Waals surface area contributed by atoms with Crippen LogP contribution in [0.2, 0.25) is 0 Å². The highest BCUT2D eigenvalue weighted by Crippen LogP contribution is 2.20. The Kier molecular flexibility index (Phi) is 6.44. The molecule has 1 heterocycles. The summed E-state index contributed by atoms with van der Waals surface area (Å²) in [4.78, 5) is 28.7. The van der Waals surface area contributed by atoms with Crippen molar-refractivity contribution >= 4 is 17.6 Å². The number of urea groups is 1. The number of hydrogen-bond donors (Lipinski definition) is 2. The van der Waals surface area contributed by atoms with E-state index in [2.05, 4.69) is 5.32 Å². The fourth-order valence-electron chi connectivity index (χ4n) is 3.20. The Labute approximate surface area is 159 Å². The second-order valence-corrected chi connectivity index (χ2v) is 6.64. The summed E-state index contributed by atoms with van der Waals surface area (Å²) in [6.07, 6.45) is 1.63. The van der Waals surface area contributed by atoms with Gasteiger partial charge in [0.25, 0.3) is 5.91 Å². The molecular weight excluding hydrogens is 340 g/mol. The van der Waals surface area contributed by atoms with E-state index in [1.165, 1.54) is 0 Å². The first kappa shape index (κ1) is 18.9. The molecule has 0 atom stereocenters. The third-order valence-corrected chi connectivity index (χ3v) is 4.62. The van der Waals surface area contributed by atoms with Gasteiger partial charge in [0.1, 0.15) is 0 Å². The average molecular weight is 366 g/mol. The molecule has 0 spiro atoms. The molecule has 0 bridgehead atoms. The van der Waals surface area contributed by atoms with Crippen LogP contribution in [0.15, 0.2) is 54.6 Å². The van der Waals surface area contributed by atoms with Crippen molar-refractivity contribution in [3.63, 3.8) is 0 Å². The summed E-state index contributed by atoms with van der Waals surface area (Å²) in [5.74, 6) is -0.0495. The fraction of sp³-hybridized carbons (Fsp3) is 0.333. The number of amides is 3. The Morgan fingerprint density at radius 3 is 2.70 bits per heavy atom. The second-order valence-electron chi connectivity index (χ2n) is 6.64. The van der Waals surface area contributed by atoms with Crippen LogP contribution in [-0.4, -0.2) is 43.0 Å². The van der Waals surface area contributed by atoms with Crippen molar-refractivity contribution in [1.29, 1.82) is 0 Å². The van der Waals surface area contributed by atoms with Crippen molar-refractivity contribution in [2.75, 3.05) is 31.1 Å². The van der Waals surface area contributed by atoms with E-state index >= 15 is 0 Å². The van der Waals surface area contributed by atoms with E-state index in [4.69, 9.17) is 5.73 Å². The highest BCUT2D eigenvalue weighted by molar-refractivity contribution is 5.98. The Balaban J connectivity index is 1.80. The van der Waals surface area contributed by atoms with E-state index in [-0.39, 0.29) is 11.9 Å². The normalized spacial score (nSPS) is 14.0. The number of carbonyl (C=O) groups is 2. The number of nitrogens with zero attached hydrogens (tertiary/aromatic N) is 2. The van der Waals surface area contributed by atoms with Crippen LogP contribution in [0.5, 0.6) is 0 Å². The lowest BCUT2D eigenvalue weighted by molar-refractivity contribution is 0.0742. The minimum absolute atomic E-state index is 0.0495. The summed E-state index contributed by atoms with van der Waals surface area (Å²) in [7, 11) is 0. The molecule has 1 aliphatic rings. The quantitative estimate of drug-likeness (QED) is 0.791. The summed E-state index contributed by atoms with van der Waals surface area (Å²) in [5, 5.41) is 2.84. The molecule has 2 aromatic rings. The van der Waals surface area contributed by atoms with Crippen LogP contribution in [0.25, 0.3) is 0 Å². The van der Waals surface area contributed by atoms with Gasteiger partial charge < -0.3 is 16.0 Å². The molecule has 2 aromatic carbocycles. The first-order valence-electron chi connectivity index (χ1n) is 9.38. The molecule has 0 aliphatic carbocycles. The second kappa shape index (κ2) is 9.19. The Morgan fingerprint density at radius 1 is 1.15 bits per heavy atom. The summed E-state index contributed by atoms with van der Waals surface area (Å²) in [6.45, 7) is 3.02. The summed E-state index contributed by atoms with van der Waals surface area (Å²) < 4.78 is 0. The Bertz CT molecular complexity index is 779. The number of hydrogen-bond acceptors (Lipinski definition) is 3. The molecule has 142 valence electrons. The molecule has 0 unspecified atom stereocenters. The zero-order valence-electron chi connectivity index (χ0n) is 15.4. The fourth-order valence-corrected chi connectivity index (χ4v) is 3.20. The van der Waals surface area contributed by atoms with Crippen molar-refractivity contribution in [3.05, 3.63) is 65.7 Å². The summed E-state index contributed by atoms with van der Waals surface area (Å²) in [5.41, 5.74) is 8.06. The monoisotopic (exact) mass is 366 g/mol. The standard InChI is InChI=1S/C21H26N4O2/c22-11-5-13-24(16-17-7-2-1-3-8-17)20(26)18-9-4-10-19(15-18)25-14-6-12-23-21(25)27/h1-4,7-10,15H,5-6,11-14,16,22H2,(H,23,27). The van der Waals surface area contributed by atoms with Gasteiger partial charge in [0.2, 0.25) is 0 Å². The highest BCUT2D eigenvalue weighted by atomic mass is 16.2. The third kappa shape index (κ3) is 4.86. The number of nitrogens with two attached hydrogens (primary N) is 1. The number of benzene rings is 2. The molecule has 3 rings (SSSR count). The predicted octanol–water partition coefficient (Wildman–Crippen LogP) is 2.60. The largest absolute Gasteiger partial charge is 0.338 e. The molecule has 0 radical (unpaired) electrons. The van der Waals surface area contributed by atoms with Crippen LogP contribution in [0.1, 0.15) is 28.8 Å². The molecule has 3 N–H and O–H groups in total. The van der Waals surface area contributed by atoms with Gasteiger partial charge in [-0.2, -0.15) is 0 Å². The SMILES string of the molecule is NCCCN(Cc1ccccc1)C(=O)c1cccc(N2CCCNC2=O)c1. The van der Waals surface area contributed by atoms with E-state index in [0.29, 0.717) is 38.3 Å². The smallest absolute Gasteiger partial charge is 0.321 e. The maximum Gasteiger partial charge on any atom is 0.321 e. The Morgan fingerprint density at radius 2 is 1.96 bits per heavy atom. The van der Waals surface area contributed by atoms with E-state index in [9.17, 15) is 9.59 Å². The topological polar surface area (TPSA) is 78.7 Å². The van der Waals surface area contributed by atoms with Gasteiger partial charge in [-0.05, 0) is 43.1 Å². The number of anilines is 1. The Hall–Kier alpha value is -2.86. The van der Waals surface area contributed by atoms with Gasteiger partial charge in [0, 0.05) is 37.4 Å². The van der Waals surface area contributed by atoms with Gasteiger partial charge in [-0.15, -0.1) is 0 Å². The molecule has 1 saturated heterocycles. The zero-order valence-corrected chi connectivity index (χ0v) is 15.4. The first-order chi connectivity index (χ1) is 13.2. The van der Waals surface area contributed by atoms with Crippen molar-refractivity contribution in [2.45, 2.75) is 19.4 Å². The van der Waals surface area contributed by atoms with E-state index in [0.717, 1.165) is 24.1 Å². The lowest BCUT2D eigenvalue weighted by Crippen LogP contribution is -2.46. The van der Waals surface area contributed by atoms with Gasteiger partial charge in [0.15, 0.2) is 0 Å². The van der Waals surface area contributed by atoms with Crippen LogP contribution < -0.4 is 16.0 Å². The zero-order chi connectivity index (χ0) is 19.1. The van der Waals surface area contributed by atoms with E-state index in [1.807, 2.05) is 47.4 Å². The van der Waals surface area contributed by atoms with Crippen LogP contribution in [0.3, 0.4) is 0 Å². The molecule has 0 saturated carbocycles. The summed E-state index contributed by atoms with van der Waals surface area (Å²) >= 11 is 0. The first-order valence-corrected chi connectivity index (χ1v) is 9.38. The van der Waals surface area contributed by atoms with Gasteiger partial charge in [0.05, 0.1) is 0 Å². The third-order valence-electron chi connectivity index (χ3n) is 4.62. The molecule has 6 heteroatoms. The molecule has 0 aromatic heterocycles. The van der Waals surface area contributed by atoms with Gasteiger partial charge in [-0.3, -0.25) is 9.69 Å². The number of carbonyl (C=O) groups excluding carboxylic acids is 2. The lowest BCUT2D eigenvalue weighted by atomic mass is 10.1. The minimum Gasteiger partial charge on any atom is -0.338 e. The highest BCUT2D eigenvalue weighted by Gasteiger charge is 2.21. The lowest BCUT2D eigenvalue weighted by Gasteiger charge is -2.28. The predicted molar refractivity (Wildman–Crippen MR) is 107 cm³/mol. The molecule has 1 aliphatic heterocycles. The van der Waals surface area contributed by atoms with Crippen LogP contribution in [-0.2, 0) is 6.54 Å². The van der Waals surface area contributed by atoms with Crippen molar-refractivity contribution < 1.29 is 9.59 Å². The van der Waals surface area contributed by atoms with Crippen LogP contribution in [0, 0.1) is 0 Å². The molecule has 3 amide bonds. The molecule has 27 heavy (non-hydrogen) atoms. The van der Waals surface area contributed by atoms with Crippen molar-refractivity contribution in [3.8, 4) is 0 Å². The number of rotatable bonds is 7. The molecule has 6 nitrogen and oxygen atoms in total. The van der Waals surface area contributed by atoms with Crippen molar-refractivity contribution in [1.82, 2.24) is 10.2 Å². The van der Waals surface area contributed by atoms with Gasteiger partial charge in [-0.25, -0.2) is 4.79 Å². The number of nitrogens with one attached hydrogen (secondary N) is 1. The van der Waals surface area contributed by atoms with E-state index in [1.54, 1.807) is 17.0 Å². The van der Waals surface area contributed by atoms with E-state index < -0.39 is 0 Å². The average Bonchev–Trinajstić information content (AvgIpc) is 2.72. The minimum atomic E-state index is -0.116. The van der Waals surface area contributed by atoms with Gasteiger partial charge in [-0.1, -0.05) is 36.4 Å². The maximum absolute atomic E-state index is 13.1. The summed E-state index contributed by atoms with van der Waals surface area (Å²) in [6, 6.07) is 17.1. The van der Waals surface area contributed by atoms with Crippen LogP contribution in [0.4, 0.5) is 10.5 Å². The molecule has 1 fully saturated rings. The van der Waals surface area contributed by atoms with Gasteiger partial charge >= 0.3 is 6.03 Å². The van der Waals surface area contributed by atoms with Crippen LogP contribution >= 0.6 is 0 Å².